The summed E-state index contributed by atoms with van der Waals surface area (Å²) in [5.41, 5.74) is 3.77. The molecule has 0 bridgehead atoms. The highest BCUT2D eigenvalue weighted by atomic mass is 32.1. The van der Waals surface area contributed by atoms with E-state index in [0.29, 0.717) is 5.69 Å². The normalized spacial score (nSPS) is 10.8. The van der Waals surface area contributed by atoms with Crippen molar-refractivity contribution in [3.8, 4) is 0 Å². The minimum absolute atomic E-state index is 0.220. The van der Waals surface area contributed by atoms with Crippen LogP contribution in [0.25, 0.3) is 10.9 Å². The van der Waals surface area contributed by atoms with Crippen molar-refractivity contribution >= 4 is 28.6 Å². The Labute approximate surface area is 116 Å². The number of rotatable bonds is 3. The number of fused-ring (bicyclic) bond motifs is 1. The standard InChI is InChI=1S/C16H13NOS/c18-16(19)15-13(10-11-6-2-1-3-7-11)12-8-4-5-9-14(12)17-15/h1-9,17H,10H2,(H,18,19). The SMILES string of the molecule is O=C(S)c1[nH]c2ccccc2c1Cc1ccccc1. The minimum Gasteiger partial charge on any atom is -0.351 e. The molecule has 2 nitrogen and oxygen atoms in total. The van der Waals surface area contributed by atoms with Gasteiger partial charge in [-0.15, -0.1) is 0 Å². The predicted molar refractivity (Wildman–Crippen MR) is 80.9 cm³/mol. The molecule has 0 aliphatic carbocycles. The number of H-pyrrole nitrogens is 1. The average molecular weight is 267 g/mol. The quantitative estimate of drug-likeness (QED) is 0.695. The van der Waals surface area contributed by atoms with E-state index < -0.39 is 0 Å². The molecule has 0 saturated carbocycles. The van der Waals surface area contributed by atoms with Crippen LogP contribution in [0.5, 0.6) is 0 Å². The molecular weight excluding hydrogens is 254 g/mol. The summed E-state index contributed by atoms with van der Waals surface area (Å²) in [7, 11) is 0. The van der Waals surface area contributed by atoms with Gasteiger partial charge >= 0.3 is 0 Å². The maximum atomic E-state index is 11.7. The van der Waals surface area contributed by atoms with Gasteiger partial charge in [-0.05, 0) is 17.2 Å². The van der Waals surface area contributed by atoms with Gasteiger partial charge in [-0.2, -0.15) is 0 Å². The predicted octanol–water partition coefficient (Wildman–Crippen LogP) is 3.83. The van der Waals surface area contributed by atoms with Gasteiger partial charge in [-0.3, -0.25) is 4.79 Å². The summed E-state index contributed by atoms with van der Waals surface area (Å²) < 4.78 is 0. The van der Waals surface area contributed by atoms with Crippen LogP contribution in [0, 0.1) is 0 Å². The maximum Gasteiger partial charge on any atom is 0.232 e. The second kappa shape index (κ2) is 4.94. The highest BCUT2D eigenvalue weighted by Crippen LogP contribution is 2.26. The van der Waals surface area contributed by atoms with E-state index in [1.54, 1.807) is 0 Å². The van der Waals surface area contributed by atoms with Gasteiger partial charge in [0.05, 0.1) is 5.69 Å². The van der Waals surface area contributed by atoms with E-state index in [1.165, 1.54) is 5.56 Å². The molecule has 0 atom stereocenters. The molecule has 3 rings (SSSR count). The zero-order valence-corrected chi connectivity index (χ0v) is 11.2. The molecular formula is C16H13NOS. The van der Waals surface area contributed by atoms with Crippen LogP contribution in [0.4, 0.5) is 0 Å². The van der Waals surface area contributed by atoms with Crippen LogP contribution in [-0.4, -0.2) is 10.1 Å². The third-order valence-electron chi connectivity index (χ3n) is 3.25. The van der Waals surface area contributed by atoms with Crippen LogP contribution in [0.1, 0.15) is 21.6 Å². The molecule has 2 aromatic carbocycles. The number of benzene rings is 2. The van der Waals surface area contributed by atoms with E-state index in [1.807, 2.05) is 42.5 Å². The topological polar surface area (TPSA) is 32.9 Å². The summed E-state index contributed by atoms with van der Waals surface area (Å²) in [5, 5.41) is 0.867. The smallest absolute Gasteiger partial charge is 0.232 e. The van der Waals surface area contributed by atoms with E-state index in [2.05, 4.69) is 29.7 Å². The van der Waals surface area contributed by atoms with E-state index in [9.17, 15) is 4.79 Å². The van der Waals surface area contributed by atoms with Gasteiger partial charge in [0, 0.05) is 17.3 Å². The monoisotopic (exact) mass is 267 g/mol. The molecule has 19 heavy (non-hydrogen) atoms. The summed E-state index contributed by atoms with van der Waals surface area (Å²) in [6.45, 7) is 0. The lowest BCUT2D eigenvalue weighted by atomic mass is 10.0. The molecule has 94 valence electrons. The molecule has 0 aliphatic rings. The molecule has 3 aromatic rings. The summed E-state index contributed by atoms with van der Waals surface area (Å²) >= 11 is 3.96. The second-order valence-electron chi connectivity index (χ2n) is 4.49. The van der Waals surface area contributed by atoms with Gasteiger partial charge in [0.1, 0.15) is 0 Å². The number of carbonyl (C=O) groups excluding carboxylic acids is 1. The highest BCUT2D eigenvalue weighted by molar-refractivity contribution is 7.97. The van der Waals surface area contributed by atoms with E-state index in [4.69, 9.17) is 0 Å². The Kier molecular flexibility index (Phi) is 3.13. The van der Waals surface area contributed by atoms with Crippen molar-refractivity contribution in [3.05, 3.63) is 71.4 Å². The fourth-order valence-electron chi connectivity index (χ4n) is 2.37. The number of thiol groups is 1. The molecule has 3 heteroatoms. The van der Waals surface area contributed by atoms with E-state index in [0.717, 1.165) is 22.9 Å². The minimum atomic E-state index is -0.220. The summed E-state index contributed by atoms with van der Waals surface area (Å²) in [6.07, 6.45) is 0.729. The largest absolute Gasteiger partial charge is 0.351 e. The van der Waals surface area contributed by atoms with Gasteiger partial charge in [-0.25, -0.2) is 0 Å². The molecule has 1 N–H and O–H groups in total. The number of carbonyl (C=O) groups is 1. The van der Waals surface area contributed by atoms with Gasteiger partial charge in [0.25, 0.3) is 0 Å². The molecule has 1 aromatic heterocycles. The van der Waals surface area contributed by atoms with E-state index >= 15 is 0 Å². The van der Waals surface area contributed by atoms with Crippen LogP contribution in [0.2, 0.25) is 0 Å². The first-order valence-electron chi connectivity index (χ1n) is 6.12. The van der Waals surface area contributed by atoms with Crippen molar-refractivity contribution in [3.63, 3.8) is 0 Å². The highest BCUT2D eigenvalue weighted by Gasteiger charge is 2.15. The first-order valence-corrected chi connectivity index (χ1v) is 6.57. The Balaban J connectivity index is 2.15. The van der Waals surface area contributed by atoms with Crippen molar-refractivity contribution in [1.82, 2.24) is 4.98 Å². The third-order valence-corrected chi connectivity index (χ3v) is 3.47. The van der Waals surface area contributed by atoms with Gasteiger partial charge in [-0.1, -0.05) is 61.2 Å². The summed E-state index contributed by atoms with van der Waals surface area (Å²) in [5.74, 6) is 0. The molecule has 1 heterocycles. The molecule has 0 aliphatic heterocycles. The maximum absolute atomic E-state index is 11.7. The number of para-hydroxylation sites is 1. The van der Waals surface area contributed by atoms with Crippen molar-refractivity contribution in [2.45, 2.75) is 6.42 Å². The lowest BCUT2D eigenvalue weighted by Crippen LogP contribution is -1.97. The number of aromatic amines is 1. The van der Waals surface area contributed by atoms with Crippen LogP contribution in [0.3, 0.4) is 0 Å². The lowest BCUT2D eigenvalue weighted by Gasteiger charge is -2.02. The van der Waals surface area contributed by atoms with Gasteiger partial charge in [0.2, 0.25) is 5.12 Å². The first-order chi connectivity index (χ1) is 9.25. The Morgan fingerprint density at radius 1 is 1.00 bits per heavy atom. The van der Waals surface area contributed by atoms with Crippen LogP contribution < -0.4 is 0 Å². The second-order valence-corrected chi connectivity index (χ2v) is 4.90. The zero-order chi connectivity index (χ0) is 13.2. The number of nitrogens with one attached hydrogen (secondary N) is 1. The fourth-order valence-corrected chi connectivity index (χ4v) is 2.56. The van der Waals surface area contributed by atoms with Gasteiger partial charge in [0.15, 0.2) is 0 Å². The Morgan fingerprint density at radius 3 is 2.42 bits per heavy atom. The number of hydrogen-bond acceptors (Lipinski definition) is 1. The van der Waals surface area contributed by atoms with Crippen molar-refractivity contribution in [2.75, 3.05) is 0 Å². The summed E-state index contributed by atoms with van der Waals surface area (Å²) in [6, 6.07) is 18.1. The van der Waals surface area contributed by atoms with E-state index in [-0.39, 0.29) is 5.12 Å². The Hall–Kier alpha value is -2.00. The Bertz CT molecular complexity index is 731. The molecule has 0 fully saturated rings. The molecule has 0 saturated heterocycles. The third kappa shape index (κ3) is 2.29. The Morgan fingerprint density at radius 2 is 1.68 bits per heavy atom. The number of hydrogen-bond donors (Lipinski definition) is 2. The molecule has 0 unspecified atom stereocenters. The van der Waals surface area contributed by atoms with Crippen molar-refractivity contribution in [2.24, 2.45) is 0 Å². The molecule has 0 radical (unpaired) electrons. The number of aromatic nitrogens is 1. The fraction of sp³-hybridized carbons (Fsp3) is 0.0625. The summed E-state index contributed by atoms with van der Waals surface area (Å²) in [4.78, 5) is 14.8. The zero-order valence-electron chi connectivity index (χ0n) is 10.3. The average Bonchev–Trinajstić information content (AvgIpc) is 2.79. The van der Waals surface area contributed by atoms with Crippen LogP contribution in [-0.2, 0) is 6.42 Å². The van der Waals surface area contributed by atoms with Crippen molar-refractivity contribution < 1.29 is 4.79 Å². The van der Waals surface area contributed by atoms with Crippen molar-refractivity contribution in [1.29, 1.82) is 0 Å². The molecule has 0 amide bonds. The van der Waals surface area contributed by atoms with Crippen LogP contribution in [0.15, 0.2) is 54.6 Å². The molecule has 0 spiro atoms. The van der Waals surface area contributed by atoms with Gasteiger partial charge < -0.3 is 4.98 Å². The van der Waals surface area contributed by atoms with Crippen LogP contribution >= 0.6 is 12.6 Å². The first kappa shape index (κ1) is 12.1. The lowest BCUT2D eigenvalue weighted by molar-refractivity contribution is 0.108.